The molecule has 2 aromatic carbocycles. The number of nitrogens with one attached hydrogen (secondary N) is 2. The molecule has 0 unspecified atom stereocenters. The van der Waals surface area contributed by atoms with Crippen LogP contribution in [0.15, 0.2) is 54.6 Å². The fourth-order valence-corrected chi connectivity index (χ4v) is 3.40. The van der Waals surface area contributed by atoms with Crippen molar-refractivity contribution in [2.75, 3.05) is 17.7 Å². The first-order valence-corrected chi connectivity index (χ1v) is 8.83. The van der Waals surface area contributed by atoms with Crippen molar-refractivity contribution in [3.63, 3.8) is 0 Å². The summed E-state index contributed by atoms with van der Waals surface area (Å²) < 4.78 is 7.10. The van der Waals surface area contributed by atoms with Gasteiger partial charge in [0.1, 0.15) is 5.75 Å². The Bertz CT molecular complexity index is 937. The predicted octanol–water partition coefficient (Wildman–Crippen LogP) is 3.39. The van der Waals surface area contributed by atoms with Crippen molar-refractivity contribution in [3.05, 3.63) is 65.7 Å². The Morgan fingerprint density at radius 3 is 2.56 bits per heavy atom. The van der Waals surface area contributed by atoms with Crippen LogP contribution in [0.4, 0.5) is 11.9 Å². The number of ether oxygens (including phenoxy) is 1. The van der Waals surface area contributed by atoms with Crippen LogP contribution in [0.5, 0.6) is 5.75 Å². The van der Waals surface area contributed by atoms with Crippen molar-refractivity contribution in [3.8, 4) is 5.75 Å². The zero-order valence-electron chi connectivity index (χ0n) is 15.2. The summed E-state index contributed by atoms with van der Waals surface area (Å²) in [6.07, 6.45) is 0.812. The van der Waals surface area contributed by atoms with Crippen LogP contribution in [0.2, 0.25) is 0 Å². The highest BCUT2D eigenvalue weighted by atomic mass is 16.5. The number of hydrogen-bond donors (Lipinski definition) is 2. The number of aromatic nitrogens is 3. The Morgan fingerprint density at radius 1 is 1.15 bits per heavy atom. The lowest BCUT2D eigenvalue weighted by molar-refractivity contribution is -0.114. The Kier molecular flexibility index (Phi) is 4.50. The number of hydrogen-bond acceptors (Lipinski definition) is 5. The van der Waals surface area contributed by atoms with Crippen LogP contribution >= 0.6 is 0 Å². The number of nitrogens with zero attached hydrogens (tertiary/aromatic N) is 3. The summed E-state index contributed by atoms with van der Waals surface area (Å²) in [5.41, 5.74) is 2.30. The molecule has 2 heterocycles. The number of benzene rings is 2. The zero-order valence-corrected chi connectivity index (χ0v) is 15.2. The molecule has 2 atom stereocenters. The highest BCUT2D eigenvalue weighted by molar-refractivity contribution is 5.86. The van der Waals surface area contributed by atoms with Crippen LogP contribution < -0.4 is 15.4 Å². The SMILES string of the molecule is COc1ccc([C@@H]2C[C@H](c3ccccc3)n3nc(NC(C)=O)nc3N2)cc1. The molecule has 3 aromatic rings. The highest BCUT2D eigenvalue weighted by Crippen LogP contribution is 2.38. The standard InChI is InChI=1S/C20H21N5O2/c1-13(26)21-19-23-20-22-17(14-8-10-16(27-2)11-9-14)12-18(25(20)24-19)15-6-4-3-5-7-15/h3-11,17-18H,12H2,1-2H3,(H2,21,22,23,24,26)/t17-,18+/m0/s1. The minimum Gasteiger partial charge on any atom is -0.497 e. The topological polar surface area (TPSA) is 81.1 Å². The van der Waals surface area contributed by atoms with Crippen LogP contribution in [0.1, 0.15) is 36.6 Å². The predicted molar refractivity (Wildman–Crippen MR) is 103 cm³/mol. The molecular formula is C20H21N5O2. The smallest absolute Gasteiger partial charge is 0.250 e. The third-order valence-electron chi connectivity index (χ3n) is 4.68. The Hall–Kier alpha value is -3.35. The van der Waals surface area contributed by atoms with E-state index in [1.807, 2.05) is 35.0 Å². The number of carbonyl (C=O) groups is 1. The fourth-order valence-electron chi connectivity index (χ4n) is 3.40. The number of carbonyl (C=O) groups excluding carboxylic acids is 1. The molecule has 0 bridgehead atoms. The molecule has 0 saturated heterocycles. The van der Waals surface area contributed by atoms with Gasteiger partial charge in [0.15, 0.2) is 0 Å². The van der Waals surface area contributed by atoms with Crippen LogP contribution in [0.25, 0.3) is 0 Å². The molecule has 0 radical (unpaired) electrons. The Morgan fingerprint density at radius 2 is 1.89 bits per heavy atom. The van der Waals surface area contributed by atoms with Gasteiger partial charge in [-0.3, -0.25) is 10.1 Å². The monoisotopic (exact) mass is 363 g/mol. The second-order valence-electron chi connectivity index (χ2n) is 6.52. The molecule has 4 rings (SSSR count). The van der Waals surface area contributed by atoms with E-state index < -0.39 is 0 Å². The number of fused-ring (bicyclic) bond motifs is 1. The largest absolute Gasteiger partial charge is 0.497 e. The second kappa shape index (κ2) is 7.11. The first kappa shape index (κ1) is 17.1. The van der Waals surface area contributed by atoms with E-state index in [-0.39, 0.29) is 18.0 Å². The summed E-state index contributed by atoms with van der Waals surface area (Å²) in [7, 11) is 1.66. The van der Waals surface area contributed by atoms with Gasteiger partial charge in [0.2, 0.25) is 11.9 Å². The van der Waals surface area contributed by atoms with Gasteiger partial charge >= 0.3 is 0 Å². The maximum Gasteiger partial charge on any atom is 0.250 e. The molecular weight excluding hydrogens is 342 g/mol. The number of amides is 1. The van der Waals surface area contributed by atoms with Crippen molar-refractivity contribution in [2.24, 2.45) is 0 Å². The zero-order chi connectivity index (χ0) is 18.8. The molecule has 1 aromatic heterocycles. The Balaban J connectivity index is 1.71. The Labute approximate surface area is 157 Å². The molecule has 0 saturated carbocycles. The van der Waals surface area contributed by atoms with Crippen molar-refractivity contribution in [2.45, 2.75) is 25.4 Å². The quantitative estimate of drug-likeness (QED) is 0.743. The number of rotatable bonds is 4. The minimum atomic E-state index is -0.194. The van der Waals surface area contributed by atoms with E-state index in [1.54, 1.807) is 7.11 Å². The first-order valence-electron chi connectivity index (χ1n) is 8.83. The van der Waals surface area contributed by atoms with E-state index >= 15 is 0 Å². The first-order chi connectivity index (χ1) is 13.1. The van der Waals surface area contributed by atoms with Gasteiger partial charge in [0, 0.05) is 6.92 Å². The molecule has 7 heteroatoms. The molecule has 1 amide bonds. The van der Waals surface area contributed by atoms with Crippen molar-refractivity contribution in [1.82, 2.24) is 14.8 Å². The molecule has 2 N–H and O–H groups in total. The third kappa shape index (κ3) is 3.48. The van der Waals surface area contributed by atoms with Gasteiger partial charge in [0.05, 0.1) is 19.2 Å². The number of anilines is 2. The maximum atomic E-state index is 11.4. The number of methoxy groups -OCH3 is 1. The van der Waals surface area contributed by atoms with Crippen LogP contribution in [0, 0.1) is 0 Å². The van der Waals surface area contributed by atoms with Gasteiger partial charge in [-0.2, -0.15) is 4.98 Å². The van der Waals surface area contributed by atoms with E-state index in [1.165, 1.54) is 6.92 Å². The van der Waals surface area contributed by atoms with Crippen molar-refractivity contribution >= 4 is 17.8 Å². The lowest BCUT2D eigenvalue weighted by Crippen LogP contribution is -2.28. The van der Waals surface area contributed by atoms with Crippen LogP contribution in [0.3, 0.4) is 0 Å². The lowest BCUT2D eigenvalue weighted by Gasteiger charge is -2.31. The van der Waals surface area contributed by atoms with Gasteiger partial charge in [-0.15, -0.1) is 5.10 Å². The van der Waals surface area contributed by atoms with Gasteiger partial charge in [0.25, 0.3) is 5.95 Å². The second-order valence-corrected chi connectivity index (χ2v) is 6.52. The molecule has 27 heavy (non-hydrogen) atoms. The maximum absolute atomic E-state index is 11.4. The van der Waals surface area contributed by atoms with Crippen LogP contribution in [-0.4, -0.2) is 27.8 Å². The summed E-state index contributed by atoms with van der Waals surface area (Å²) in [6, 6.07) is 18.3. The fraction of sp³-hybridized carbons (Fsp3) is 0.250. The van der Waals surface area contributed by atoms with Crippen LogP contribution in [-0.2, 0) is 4.79 Å². The van der Waals surface area contributed by atoms with E-state index in [0.29, 0.717) is 11.9 Å². The molecule has 0 fully saturated rings. The third-order valence-corrected chi connectivity index (χ3v) is 4.68. The van der Waals surface area contributed by atoms with Gasteiger partial charge in [-0.25, -0.2) is 4.68 Å². The van der Waals surface area contributed by atoms with Crippen molar-refractivity contribution in [1.29, 1.82) is 0 Å². The minimum absolute atomic E-state index is 0.0181. The molecule has 0 spiro atoms. The van der Waals surface area contributed by atoms with Crippen molar-refractivity contribution < 1.29 is 9.53 Å². The van der Waals surface area contributed by atoms with E-state index in [9.17, 15) is 4.79 Å². The van der Waals surface area contributed by atoms with E-state index in [4.69, 9.17) is 4.74 Å². The summed E-state index contributed by atoms with van der Waals surface area (Å²) in [5, 5.41) is 10.6. The molecule has 7 nitrogen and oxygen atoms in total. The van der Waals surface area contributed by atoms with Gasteiger partial charge < -0.3 is 10.1 Å². The molecule has 1 aliphatic rings. The van der Waals surface area contributed by atoms with E-state index in [0.717, 1.165) is 23.3 Å². The van der Waals surface area contributed by atoms with Gasteiger partial charge in [-0.05, 0) is 29.7 Å². The van der Waals surface area contributed by atoms with Gasteiger partial charge in [-0.1, -0.05) is 42.5 Å². The van der Waals surface area contributed by atoms with E-state index in [2.05, 4.69) is 45.0 Å². The summed E-state index contributed by atoms with van der Waals surface area (Å²) in [4.78, 5) is 15.9. The molecule has 1 aliphatic heterocycles. The average molecular weight is 363 g/mol. The summed E-state index contributed by atoms with van der Waals surface area (Å²) >= 11 is 0. The average Bonchev–Trinajstić information content (AvgIpc) is 3.09. The normalized spacial score (nSPS) is 18.3. The summed E-state index contributed by atoms with van der Waals surface area (Å²) in [5.74, 6) is 1.58. The molecule has 138 valence electrons. The summed E-state index contributed by atoms with van der Waals surface area (Å²) in [6.45, 7) is 1.45. The lowest BCUT2D eigenvalue weighted by atomic mass is 9.93. The highest BCUT2D eigenvalue weighted by Gasteiger charge is 2.31. The molecule has 0 aliphatic carbocycles.